The molecule has 0 heterocycles. The molecule has 0 amide bonds. The third-order valence-electron chi connectivity index (χ3n) is 1.84. The highest BCUT2D eigenvalue weighted by Crippen LogP contribution is 2.19. The summed E-state index contributed by atoms with van der Waals surface area (Å²) in [6.07, 6.45) is 0.543. The molecular weight excluding hydrogens is 162 g/mol. The minimum Gasteiger partial charge on any atom is -0.476 e. The van der Waals surface area contributed by atoms with Gasteiger partial charge in [-0.2, -0.15) is 5.26 Å². The molecule has 0 aliphatic rings. The van der Waals surface area contributed by atoms with E-state index in [1.807, 2.05) is 30.3 Å². The van der Waals surface area contributed by atoms with Crippen molar-refractivity contribution in [2.45, 2.75) is 26.4 Å². The molecule has 2 heteroatoms. The number of ether oxygens (including phenoxy) is 1. The number of hydrogen-bond acceptors (Lipinski definition) is 2. The third kappa shape index (κ3) is 2.48. The van der Waals surface area contributed by atoms with E-state index in [1.165, 1.54) is 0 Å². The van der Waals surface area contributed by atoms with Gasteiger partial charge in [-0.05, 0) is 25.0 Å². The van der Waals surface area contributed by atoms with Crippen molar-refractivity contribution in [3.8, 4) is 11.8 Å². The maximum atomic E-state index is 8.58. The first-order valence-electron chi connectivity index (χ1n) is 4.42. The molecule has 1 atom stereocenters. The van der Waals surface area contributed by atoms with Gasteiger partial charge in [-0.3, -0.25) is 0 Å². The van der Waals surface area contributed by atoms with E-state index >= 15 is 0 Å². The molecule has 0 saturated carbocycles. The second-order valence-electron chi connectivity index (χ2n) is 2.85. The van der Waals surface area contributed by atoms with E-state index in [0.717, 1.165) is 17.7 Å². The van der Waals surface area contributed by atoms with Crippen LogP contribution in [0.5, 0.6) is 5.75 Å². The monoisotopic (exact) mass is 175 g/mol. The van der Waals surface area contributed by atoms with Gasteiger partial charge in [-0.25, -0.2) is 0 Å². The van der Waals surface area contributed by atoms with Crippen LogP contribution >= 0.6 is 0 Å². The van der Waals surface area contributed by atoms with Crippen LogP contribution in [0.2, 0.25) is 0 Å². The maximum absolute atomic E-state index is 8.58. The lowest BCUT2D eigenvalue weighted by atomic mass is 10.1. The minimum absolute atomic E-state index is 0.382. The second kappa shape index (κ2) is 4.51. The van der Waals surface area contributed by atoms with Crippen molar-refractivity contribution in [1.29, 1.82) is 5.26 Å². The average Bonchev–Trinajstić information content (AvgIpc) is 2.18. The largest absolute Gasteiger partial charge is 0.476 e. The standard InChI is InChI=1S/C11H13NO/c1-3-10-6-4-5-7-11(10)13-9(2)8-12/h4-7,9H,3H2,1-2H3. The van der Waals surface area contributed by atoms with Crippen molar-refractivity contribution in [3.05, 3.63) is 29.8 Å². The number of hydrogen-bond donors (Lipinski definition) is 0. The van der Waals surface area contributed by atoms with Gasteiger partial charge < -0.3 is 4.74 Å². The number of nitrogens with zero attached hydrogens (tertiary/aromatic N) is 1. The van der Waals surface area contributed by atoms with E-state index in [9.17, 15) is 0 Å². The van der Waals surface area contributed by atoms with Crippen LogP contribution in [0.25, 0.3) is 0 Å². The van der Waals surface area contributed by atoms with Crippen molar-refractivity contribution < 1.29 is 4.74 Å². The first-order chi connectivity index (χ1) is 6.27. The summed E-state index contributed by atoms with van der Waals surface area (Å²) in [5.41, 5.74) is 1.14. The molecule has 0 fully saturated rings. The molecule has 1 rings (SSSR count). The molecule has 1 aromatic rings. The Labute approximate surface area is 78.8 Å². The zero-order chi connectivity index (χ0) is 9.68. The van der Waals surface area contributed by atoms with Crippen molar-refractivity contribution in [3.63, 3.8) is 0 Å². The quantitative estimate of drug-likeness (QED) is 0.707. The molecule has 0 aliphatic heterocycles. The van der Waals surface area contributed by atoms with Gasteiger partial charge in [0.25, 0.3) is 0 Å². The number of nitriles is 1. The van der Waals surface area contributed by atoms with E-state index in [0.29, 0.717) is 0 Å². The summed E-state index contributed by atoms with van der Waals surface area (Å²) in [5, 5.41) is 8.58. The van der Waals surface area contributed by atoms with Gasteiger partial charge in [-0.15, -0.1) is 0 Å². The summed E-state index contributed by atoms with van der Waals surface area (Å²) in [4.78, 5) is 0. The van der Waals surface area contributed by atoms with Crippen LogP contribution in [-0.2, 0) is 6.42 Å². The second-order valence-corrected chi connectivity index (χ2v) is 2.85. The number of aryl methyl sites for hydroxylation is 1. The van der Waals surface area contributed by atoms with E-state index in [-0.39, 0.29) is 6.10 Å². The maximum Gasteiger partial charge on any atom is 0.181 e. The van der Waals surface area contributed by atoms with Crippen LogP contribution in [0.1, 0.15) is 19.4 Å². The first-order valence-corrected chi connectivity index (χ1v) is 4.42. The summed E-state index contributed by atoms with van der Waals surface area (Å²) in [5.74, 6) is 0.819. The molecular formula is C11H13NO. The first kappa shape index (κ1) is 9.60. The molecule has 68 valence electrons. The molecule has 0 bridgehead atoms. The number of para-hydroxylation sites is 1. The van der Waals surface area contributed by atoms with Gasteiger partial charge >= 0.3 is 0 Å². The van der Waals surface area contributed by atoms with E-state index in [2.05, 4.69) is 6.92 Å². The molecule has 0 aliphatic carbocycles. The average molecular weight is 175 g/mol. The van der Waals surface area contributed by atoms with Gasteiger partial charge in [0.1, 0.15) is 11.8 Å². The fraction of sp³-hybridized carbons (Fsp3) is 0.364. The Balaban J connectivity index is 2.82. The Morgan fingerprint density at radius 1 is 1.46 bits per heavy atom. The predicted octanol–water partition coefficient (Wildman–Crippen LogP) is 2.54. The molecule has 0 aromatic heterocycles. The molecule has 0 saturated heterocycles. The van der Waals surface area contributed by atoms with E-state index < -0.39 is 0 Å². The smallest absolute Gasteiger partial charge is 0.181 e. The van der Waals surface area contributed by atoms with Gasteiger partial charge in [0.15, 0.2) is 6.10 Å². The van der Waals surface area contributed by atoms with Crippen LogP contribution in [0.4, 0.5) is 0 Å². The van der Waals surface area contributed by atoms with Crippen LogP contribution in [-0.4, -0.2) is 6.10 Å². The molecule has 1 unspecified atom stereocenters. The Kier molecular flexibility index (Phi) is 3.33. The lowest BCUT2D eigenvalue weighted by Crippen LogP contribution is -2.09. The van der Waals surface area contributed by atoms with Crippen LogP contribution in [0.3, 0.4) is 0 Å². The van der Waals surface area contributed by atoms with Crippen molar-refractivity contribution in [2.24, 2.45) is 0 Å². The summed E-state index contributed by atoms with van der Waals surface area (Å²) >= 11 is 0. The highest BCUT2D eigenvalue weighted by molar-refractivity contribution is 5.33. The fourth-order valence-corrected chi connectivity index (χ4v) is 1.13. The molecule has 0 radical (unpaired) electrons. The van der Waals surface area contributed by atoms with Gasteiger partial charge in [0.05, 0.1) is 0 Å². The van der Waals surface area contributed by atoms with Crippen LogP contribution in [0, 0.1) is 11.3 Å². The molecule has 2 nitrogen and oxygen atoms in total. The van der Waals surface area contributed by atoms with Gasteiger partial charge in [0.2, 0.25) is 0 Å². The van der Waals surface area contributed by atoms with Crippen molar-refractivity contribution in [1.82, 2.24) is 0 Å². The lowest BCUT2D eigenvalue weighted by Gasteiger charge is -2.10. The SMILES string of the molecule is CCc1ccccc1OC(C)C#N. The van der Waals surface area contributed by atoms with E-state index in [1.54, 1.807) is 6.92 Å². The third-order valence-corrected chi connectivity index (χ3v) is 1.84. The Bertz CT molecular complexity index is 314. The summed E-state index contributed by atoms with van der Waals surface area (Å²) in [7, 11) is 0. The lowest BCUT2D eigenvalue weighted by molar-refractivity contribution is 0.274. The highest BCUT2D eigenvalue weighted by atomic mass is 16.5. The summed E-state index contributed by atoms with van der Waals surface area (Å²) in [6.45, 7) is 3.81. The Hall–Kier alpha value is -1.49. The minimum atomic E-state index is -0.382. The number of rotatable bonds is 3. The van der Waals surface area contributed by atoms with Gasteiger partial charge in [0, 0.05) is 0 Å². The highest BCUT2D eigenvalue weighted by Gasteiger charge is 2.04. The Morgan fingerprint density at radius 3 is 2.77 bits per heavy atom. The normalized spacial score (nSPS) is 11.8. The Morgan fingerprint density at radius 2 is 2.15 bits per heavy atom. The van der Waals surface area contributed by atoms with Crippen molar-refractivity contribution in [2.75, 3.05) is 0 Å². The fourth-order valence-electron chi connectivity index (χ4n) is 1.13. The molecule has 0 spiro atoms. The summed E-state index contributed by atoms with van der Waals surface area (Å²) in [6, 6.07) is 9.84. The summed E-state index contributed by atoms with van der Waals surface area (Å²) < 4.78 is 5.42. The molecule has 1 aromatic carbocycles. The van der Waals surface area contributed by atoms with Gasteiger partial charge in [-0.1, -0.05) is 25.1 Å². The van der Waals surface area contributed by atoms with Crippen LogP contribution < -0.4 is 4.74 Å². The zero-order valence-electron chi connectivity index (χ0n) is 7.95. The topological polar surface area (TPSA) is 33.0 Å². The van der Waals surface area contributed by atoms with Crippen molar-refractivity contribution >= 4 is 0 Å². The van der Waals surface area contributed by atoms with E-state index in [4.69, 9.17) is 10.00 Å². The van der Waals surface area contributed by atoms with Crippen LogP contribution in [0.15, 0.2) is 24.3 Å². The predicted molar refractivity (Wildman–Crippen MR) is 51.5 cm³/mol. The molecule has 0 N–H and O–H groups in total. The number of benzene rings is 1. The molecule has 13 heavy (non-hydrogen) atoms. The zero-order valence-corrected chi connectivity index (χ0v) is 7.95.